The molecule has 0 saturated heterocycles. The maximum Gasteiger partial charge on any atom is 0.334 e. The third-order valence-corrected chi connectivity index (χ3v) is 2.40. The van der Waals surface area contributed by atoms with Crippen LogP contribution in [-0.2, 0) is 9.53 Å². The van der Waals surface area contributed by atoms with Crippen molar-refractivity contribution < 1.29 is 14.6 Å². The lowest BCUT2D eigenvalue weighted by molar-refractivity contribution is -0.138. The molecular formula is C10H17NO3. The Morgan fingerprint density at radius 1 is 1.64 bits per heavy atom. The van der Waals surface area contributed by atoms with E-state index < -0.39 is 0 Å². The van der Waals surface area contributed by atoms with Gasteiger partial charge in [0, 0.05) is 17.7 Å². The average molecular weight is 199 g/mol. The van der Waals surface area contributed by atoms with Gasteiger partial charge in [0.25, 0.3) is 0 Å². The van der Waals surface area contributed by atoms with Gasteiger partial charge in [-0.25, -0.2) is 4.79 Å². The van der Waals surface area contributed by atoms with Crippen molar-refractivity contribution in [3.05, 3.63) is 12.2 Å². The number of carbonyl (C=O) groups excluding carboxylic acids is 1. The molecule has 0 amide bonds. The molecule has 0 bridgehead atoms. The van der Waals surface area contributed by atoms with E-state index >= 15 is 0 Å². The Bertz CT molecular complexity index is 234. The first-order valence-corrected chi connectivity index (χ1v) is 4.84. The fourth-order valence-electron chi connectivity index (χ4n) is 1.14. The lowest BCUT2D eigenvalue weighted by atomic mass is 10.2. The van der Waals surface area contributed by atoms with E-state index in [-0.39, 0.29) is 18.1 Å². The molecule has 1 fully saturated rings. The van der Waals surface area contributed by atoms with Crippen molar-refractivity contribution in [2.24, 2.45) is 0 Å². The second-order valence-electron chi connectivity index (χ2n) is 3.62. The Kier molecular flexibility index (Phi) is 3.66. The number of rotatable bonds is 6. The van der Waals surface area contributed by atoms with Crippen LogP contribution in [0.3, 0.4) is 0 Å². The molecule has 0 heterocycles. The summed E-state index contributed by atoms with van der Waals surface area (Å²) in [5.41, 5.74) is 0.252. The highest BCUT2D eigenvalue weighted by atomic mass is 16.5. The number of nitrogens with one attached hydrogen (secondary N) is 1. The standard InChI is InChI=1S/C10H17NO3/c1-3-14-9(13)8(2)6-11-10(7-12)4-5-10/h11-12H,2-7H2,1H3. The maximum atomic E-state index is 11.1. The molecule has 4 nitrogen and oxygen atoms in total. The third-order valence-electron chi connectivity index (χ3n) is 2.40. The van der Waals surface area contributed by atoms with Crippen LogP contribution >= 0.6 is 0 Å². The average Bonchev–Trinajstić information content (AvgIpc) is 2.95. The van der Waals surface area contributed by atoms with Crippen LogP contribution in [0.4, 0.5) is 0 Å². The molecular weight excluding hydrogens is 182 g/mol. The quantitative estimate of drug-likeness (QED) is 0.474. The third kappa shape index (κ3) is 2.82. The van der Waals surface area contributed by atoms with Gasteiger partial charge in [-0.3, -0.25) is 0 Å². The molecule has 80 valence electrons. The number of esters is 1. The summed E-state index contributed by atoms with van der Waals surface area (Å²) < 4.78 is 4.78. The Labute approximate surface area is 83.9 Å². The number of aliphatic hydroxyl groups is 1. The van der Waals surface area contributed by atoms with E-state index in [0.29, 0.717) is 18.7 Å². The Hall–Kier alpha value is -0.870. The summed E-state index contributed by atoms with van der Waals surface area (Å²) in [6.07, 6.45) is 1.92. The predicted octanol–water partition coefficient (Wildman–Crippen LogP) is 0.220. The zero-order valence-corrected chi connectivity index (χ0v) is 8.51. The summed E-state index contributed by atoms with van der Waals surface area (Å²) in [5.74, 6) is -0.367. The predicted molar refractivity (Wildman–Crippen MR) is 52.8 cm³/mol. The fraction of sp³-hybridized carbons (Fsp3) is 0.700. The number of aliphatic hydroxyl groups excluding tert-OH is 1. The highest BCUT2D eigenvalue weighted by Gasteiger charge is 2.41. The first-order valence-electron chi connectivity index (χ1n) is 4.84. The Morgan fingerprint density at radius 3 is 2.71 bits per heavy atom. The van der Waals surface area contributed by atoms with Crippen molar-refractivity contribution in [1.82, 2.24) is 5.32 Å². The van der Waals surface area contributed by atoms with E-state index in [9.17, 15) is 4.79 Å². The lowest BCUT2D eigenvalue weighted by Crippen LogP contribution is -2.37. The minimum atomic E-state index is -0.367. The van der Waals surface area contributed by atoms with Crippen LogP contribution < -0.4 is 5.32 Å². The van der Waals surface area contributed by atoms with Crippen LogP contribution in [-0.4, -0.2) is 36.4 Å². The minimum absolute atomic E-state index is 0.114. The van der Waals surface area contributed by atoms with Crippen LogP contribution in [0, 0.1) is 0 Å². The van der Waals surface area contributed by atoms with Crippen LogP contribution in [0.5, 0.6) is 0 Å². The number of hydrogen-bond acceptors (Lipinski definition) is 4. The van der Waals surface area contributed by atoms with Crippen molar-refractivity contribution in [1.29, 1.82) is 0 Å². The molecule has 0 aromatic heterocycles. The molecule has 0 aromatic carbocycles. The SMILES string of the molecule is C=C(CNC1(CO)CC1)C(=O)OCC. The summed E-state index contributed by atoms with van der Waals surface area (Å²) in [6.45, 7) is 6.24. The first kappa shape index (κ1) is 11.2. The van der Waals surface area contributed by atoms with Crippen LogP contribution in [0.25, 0.3) is 0 Å². The second-order valence-corrected chi connectivity index (χ2v) is 3.62. The largest absolute Gasteiger partial charge is 0.463 e. The summed E-state index contributed by atoms with van der Waals surface area (Å²) in [5, 5.41) is 12.1. The summed E-state index contributed by atoms with van der Waals surface area (Å²) >= 11 is 0. The first-order chi connectivity index (χ1) is 6.63. The molecule has 4 heteroatoms. The van der Waals surface area contributed by atoms with Gasteiger partial charge in [0.05, 0.1) is 13.2 Å². The van der Waals surface area contributed by atoms with Crippen molar-refractivity contribution >= 4 is 5.97 Å². The molecule has 1 aliphatic rings. The molecule has 1 saturated carbocycles. The van der Waals surface area contributed by atoms with Gasteiger partial charge in [-0.15, -0.1) is 0 Å². The minimum Gasteiger partial charge on any atom is -0.463 e. The van der Waals surface area contributed by atoms with Crippen LogP contribution in [0.1, 0.15) is 19.8 Å². The molecule has 1 rings (SSSR count). The summed E-state index contributed by atoms with van der Waals surface area (Å²) in [6, 6.07) is 0. The highest BCUT2D eigenvalue weighted by molar-refractivity contribution is 5.88. The van der Waals surface area contributed by atoms with Gasteiger partial charge in [-0.2, -0.15) is 0 Å². The van der Waals surface area contributed by atoms with E-state index in [1.165, 1.54) is 0 Å². The Morgan fingerprint density at radius 2 is 2.29 bits per heavy atom. The van der Waals surface area contributed by atoms with Gasteiger partial charge in [0.15, 0.2) is 0 Å². The smallest absolute Gasteiger partial charge is 0.334 e. The molecule has 0 atom stereocenters. The lowest BCUT2D eigenvalue weighted by Gasteiger charge is -2.14. The van der Waals surface area contributed by atoms with Gasteiger partial charge >= 0.3 is 5.97 Å². The second kappa shape index (κ2) is 4.57. The summed E-state index contributed by atoms with van der Waals surface area (Å²) in [4.78, 5) is 11.1. The van der Waals surface area contributed by atoms with Crippen molar-refractivity contribution in [2.45, 2.75) is 25.3 Å². The highest BCUT2D eigenvalue weighted by Crippen LogP contribution is 2.34. The van der Waals surface area contributed by atoms with Crippen molar-refractivity contribution in [2.75, 3.05) is 19.8 Å². The number of hydrogen-bond donors (Lipinski definition) is 2. The van der Waals surface area contributed by atoms with E-state index in [4.69, 9.17) is 9.84 Å². The topological polar surface area (TPSA) is 58.6 Å². The fourth-order valence-corrected chi connectivity index (χ4v) is 1.14. The molecule has 0 aliphatic heterocycles. The number of carbonyl (C=O) groups is 1. The molecule has 0 spiro atoms. The van der Waals surface area contributed by atoms with E-state index in [1.807, 2.05) is 0 Å². The Balaban J connectivity index is 2.24. The van der Waals surface area contributed by atoms with Crippen LogP contribution in [0.15, 0.2) is 12.2 Å². The molecule has 14 heavy (non-hydrogen) atoms. The van der Waals surface area contributed by atoms with E-state index in [2.05, 4.69) is 11.9 Å². The maximum absolute atomic E-state index is 11.1. The van der Waals surface area contributed by atoms with Gasteiger partial charge in [0.2, 0.25) is 0 Å². The van der Waals surface area contributed by atoms with Crippen molar-refractivity contribution in [3.8, 4) is 0 Å². The van der Waals surface area contributed by atoms with E-state index in [0.717, 1.165) is 12.8 Å². The summed E-state index contributed by atoms with van der Waals surface area (Å²) in [7, 11) is 0. The molecule has 0 aromatic rings. The number of ether oxygens (including phenoxy) is 1. The zero-order chi connectivity index (χ0) is 10.6. The van der Waals surface area contributed by atoms with Crippen LogP contribution in [0.2, 0.25) is 0 Å². The molecule has 1 aliphatic carbocycles. The van der Waals surface area contributed by atoms with Gasteiger partial charge < -0.3 is 15.2 Å². The molecule has 0 unspecified atom stereocenters. The zero-order valence-electron chi connectivity index (χ0n) is 8.51. The molecule has 0 radical (unpaired) electrons. The van der Waals surface area contributed by atoms with Gasteiger partial charge in [-0.05, 0) is 19.8 Å². The van der Waals surface area contributed by atoms with Gasteiger partial charge in [0.1, 0.15) is 0 Å². The normalized spacial score (nSPS) is 17.6. The monoisotopic (exact) mass is 199 g/mol. The van der Waals surface area contributed by atoms with Crippen molar-refractivity contribution in [3.63, 3.8) is 0 Å². The van der Waals surface area contributed by atoms with Gasteiger partial charge in [-0.1, -0.05) is 6.58 Å². The molecule has 2 N–H and O–H groups in total. The van der Waals surface area contributed by atoms with E-state index in [1.54, 1.807) is 6.92 Å².